The highest BCUT2D eigenvalue weighted by Crippen LogP contribution is 2.30. The van der Waals surface area contributed by atoms with E-state index in [4.69, 9.17) is 18.0 Å². The Balaban J connectivity index is 2.07. The van der Waals surface area contributed by atoms with E-state index in [2.05, 4.69) is 4.90 Å². The first kappa shape index (κ1) is 16.2. The zero-order valence-electron chi connectivity index (χ0n) is 11.7. The highest BCUT2D eigenvalue weighted by molar-refractivity contribution is 7.80. The molecule has 1 aliphatic rings. The number of halogens is 3. The molecule has 0 saturated heterocycles. The minimum Gasteiger partial charge on any atom is -0.392 e. The summed E-state index contributed by atoms with van der Waals surface area (Å²) in [4.78, 5) is 2.60. The highest BCUT2D eigenvalue weighted by Gasteiger charge is 2.30. The van der Waals surface area contributed by atoms with Crippen LogP contribution in [0.2, 0.25) is 0 Å². The molecular weight excluding hydrogens is 297 g/mol. The second-order valence-electron chi connectivity index (χ2n) is 5.50. The minimum absolute atomic E-state index is 0.425. The number of alkyl halides is 3. The second kappa shape index (κ2) is 6.75. The van der Waals surface area contributed by atoms with Gasteiger partial charge in [0.2, 0.25) is 0 Å². The quantitative estimate of drug-likeness (QED) is 0.839. The predicted molar refractivity (Wildman–Crippen MR) is 80.9 cm³/mol. The van der Waals surface area contributed by atoms with Gasteiger partial charge in [0.1, 0.15) is 0 Å². The lowest BCUT2D eigenvalue weighted by atomic mass is 10.1. The van der Waals surface area contributed by atoms with E-state index in [1.807, 2.05) is 0 Å². The molecule has 0 amide bonds. The van der Waals surface area contributed by atoms with Crippen molar-refractivity contribution >= 4 is 17.2 Å². The molecule has 0 bridgehead atoms. The van der Waals surface area contributed by atoms with Crippen molar-refractivity contribution in [1.82, 2.24) is 4.90 Å². The molecule has 2 rings (SSSR count). The Bertz CT molecular complexity index is 479. The Labute approximate surface area is 128 Å². The van der Waals surface area contributed by atoms with Crippen molar-refractivity contribution in [3.05, 3.63) is 35.4 Å². The fourth-order valence-corrected chi connectivity index (χ4v) is 2.98. The van der Waals surface area contributed by atoms with Gasteiger partial charge in [-0.25, -0.2) is 0 Å². The Hall–Kier alpha value is -1.14. The molecule has 1 aliphatic carbocycles. The van der Waals surface area contributed by atoms with Crippen LogP contribution in [0.3, 0.4) is 0 Å². The summed E-state index contributed by atoms with van der Waals surface area (Å²) >= 11 is 4.98. The lowest BCUT2D eigenvalue weighted by molar-refractivity contribution is -0.137. The molecular formula is C15H19F3N2S. The maximum Gasteiger partial charge on any atom is 0.416 e. The van der Waals surface area contributed by atoms with E-state index in [1.54, 1.807) is 0 Å². The van der Waals surface area contributed by atoms with Gasteiger partial charge in [-0.3, -0.25) is 4.90 Å². The number of nitrogens with zero attached hydrogens (tertiary/aromatic N) is 1. The lowest BCUT2D eigenvalue weighted by Crippen LogP contribution is -2.38. The molecule has 0 heterocycles. The third kappa shape index (κ3) is 4.68. The molecule has 2 nitrogen and oxygen atoms in total. The van der Waals surface area contributed by atoms with Gasteiger partial charge >= 0.3 is 6.18 Å². The van der Waals surface area contributed by atoms with E-state index in [9.17, 15) is 13.2 Å². The van der Waals surface area contributed by atoms with Crippen LogP contribution >= 0.6 is 12.2 Å². The second-order valence-corrected chi connectivity index (χ2v) is 6.03. The van der Waals surface area contributed by atoms with E-state index in [0.29, 0.717) is 24.1 Å². The summed E-state index contributed by atoms with van der Waals surface area (Å²) in [5, 5.41) is 0. The number of thiocarbonyl (C=S) groups is 1. The van der Waals surface area contributed by atoms with Crippen molar-refractivity contribution in [2.75, 3.05) is 6.54 Å². The molecule has 1 aromatic rings. The lowest BCUT2D eigenvalue weighted by Gasteiger charge is -2.28. The van der Waals surface area contributed by atoms with Gasteiger partial charge in [-0.05, 0) is 30.5 Å². The number of rotatable bonds is 5. The van der Waals surface area contributed by atoms with Crippen molar-refractivity contribution < 1.29 is 13.2 Å². The fraction of sp³-hybridized carbons (Fsp3) is 0.533. The van der Waals surface area contributed by atoms with Crippen molar-refractivity contribution in [3.63, 3.8) is 0 Å². The molecule has 1 saturated carbocycles. The highest BCUT2D eigenvalue weighted by atomic mass is 32.1. The van der Waals surface area contributed by atoms with E-state index < -0.39 is 11.7 Å². The van der Waals surface area contributed by atoms with Crippen LogP contribution in [-0.4, -0.2) is 22.5 Å². The molecule has 0 unspecified atom stereocenters. The van der Waals surface area contributed by atoms with Crippen LogP contribution in [0.15, 0.2) is 24.3 Å². The van der Waals surface area contributed by atoms with Crippen molar-refractivity contribution in [2.24, 2.45) is 5.73 Å². The zero-order chi connectivity index (χ0) is 15.5. The molecule has 0 spiro atoms. The summed E-state index contributed by atoms with van der Waals surface area (Å²) in [6.45, 7) is 1.10. The monoisotopic (exact) mass is 316 g/mol. The average Bonchev–Trinajstić information content (AvgIpc) is 2.90. The molecule has 116 valence electrons. The molecule has 1 fully saturated rings. The van der Waals surface area contributed by atoms with Gasteiger partial charge in [0.15, 0.2) is 0 Å². The first-order chi connectivity index (χ1) is 9.86. The van der Waals surface area contributed by atoms with Gasteiger partial charge < -0.3 is 5.73 Å². The van der Waals surface area contributed by atoms with Crippen LogP contribution < -0.4 is 5.73 Å². The van der Waals surface area contributed by atoms with Crippen LogP contribution in [0.25, 0.3) is 0 Å². The molecule has 1 aromatic carbocycles. The summed E-state index contributed by atoms with van der Waals surface area (Å²) in [6.07, 6.45) is 0.284. The summed E-state index contributed by atoms with van der Waals surface area (Å²) in [5.74, 6) is 0. The normalized spacial score (nSPS) is 16.6. The van der Waals surface area contributed by atoms with Gasteiger partial charge in [-0.15, -0.1) is 0 Å². The number of nitrogens with two attached hydrogens (primary N) is 1. The average molecular weight is 316 g/mol. The van der Waals surface area contributed by atoms with Crippen LogP contribution in [0.4, 0.5) is 13.2 Å². The Morgan fingerprint density at radius 1 is 1.19 bits per heavy atom. The number of benzene rings is 1. The van der Waals surface area contributed by atoms with Gasteiger partial charge in [0.05, 0.1) is 10.6 Å². The molecule has 21 heavy (non-hydrogen) atoms. The van der Waals surface area contributed by atoms with Gasteiger partial charge in [0.25, 0.3) is 0 Å². The third-order valence-corrected chi connectivity index (χ3v) is 4.00. The van der Waals surface area contributed by atoms with Crippen molar-refractivity contribution in [2.45, 2.75) is 44.4 Å². The first-order valence-corrected chi connectivity index (χ1v) is 7.45. The third-order valence-electron chi connectivity index (χ3n) is 3.87. The summed E-state index contributed by atoms with van der Waals surface area (Å²) < 4.78 is 37.7. The molecule has 0 radical (unpaired) electrons. The molecule has 0 aliphatic heterocycles. The minimum atomic E-state index is -4.29. The zero-order valence-corrected chi connectivity index (χ0v) is 12.5. The van der Waals surface area contributed by atoms with Crippen LogP contribution in [0.5, 0.6) is 0 Å². The molecule has 2 N–H and O–H groups in total. The summed E-state index contributed by atoms with van der Waals surface area (Å²) in [5.41, 5.74) is 5.87. The van der Waals surface area contributed by atoms with Crippen LogP contribution in [0.1, 0.15) is 36.8 Å². The fourth-order valence-electron chi connectivity index (χ4n) is 2.82. The SMILES string of the molecule is NC(=S)CN(Cc1ccc(C(F)(F)F)cc1)C1CCCC1. The maximum absolute atomic E-state index is 12.6. The van der Waals surface area contributed by atoms with Crippen molar-refractivity contribution in [3.8, 4) is 0 Å². The van der Waals surface area contributed by atoms with Gasteiger partial charge in [0, 0.05) is 19.1 Å². The van der Waals surface area contributed by atoms with E-state index in [0.717, 1.165) is 30.5 Å². The standard InChI is InChI=1S/C15H19F3N2S/c16-15(17,18)12-7-5-11(6-8-12)9-20(10-14(19)21)13-3-1-2-4-13/h5-8,13H,1-4,9-10H2,(H2,19,21). The van der Waals surface area contributed by atoms with Crippen LogP contribution in [0, 0.1) is 0 Å². The molecule has 0 atom stereocenters. The topological polar surface area (TPSA) is 29.3 Å². The largest absolute Gasteiger partial charge is 0.416 e. The van der Waals surface area contributed by atoms with E-state index in [-0.39, 0.29) is 0 Å². The van der Waals surface area contributed by atoms with Crippen molar-refractivity contribution in [1.29, 1.82) is 0 Å². The Morgan fingerprint density at radius 2 is 1.76 bits per heavy atom. The predicted octanol–water partition coefficient (Wildman–Crippen LogP) is 3.74. The van der Waals surface area contributed by atoms with Gasteiger partial charge in [-0.2, -0.15) is 13.2 Å². The van der Waals surface area contributed by atoms with Gasteiger partial charge in [-0.1, -0.05) is 37.2 Å². The summed E-state index contributed by atoms with van der Waals surface area (Å²) in [6, 6.07) is 5.74. The van der Waals surface area contributed by atoms with E-state index in [1.165, 1.54) is 25.0 Å². The van der Waals surface area contributed by atoms with Crippen LogP contribution in [-0.2, 0) is 12.7 Å². The number of hydrogen-bond donors (Lipinski definition) is 1. The van der Waals surface area contributed by atoms with E-state index >= 15 is 0 Å². The molecule has 0 aromatic heterocycles. The Morgan fingerprint density at radius 3 is 2.24 bits per heavy atom. The first-order valence-electron chi connectivity index (χ1n) is 7.05. The Kier molecular flexibility index (Phi) is 5.22. The number of hydrogen-bond acceptors (Lipinski definition) is 2. The molecule has 6 heteroatoms. The smallest absolute Gasteiger partial charge is 0.392 e. The maximum atomic E-state index is 12.6. The summed E-state index contributed by atoms with van der Waals surface area (Å²) in [7, 11) is 0.